The van der Waals surface area contributed by atoms with E-state index >= 15 is 0 Å². The van der Waals surface area contributed by atoms with Crippen molar-refractivity contribution in [2.24, 2.45) is 0 Å². The van der Waals surface area contributed by atoms with E-state index in [1.165, 1.54) is 0 Å². The Hall–Kier alpha value is -3.15. The van der Waals surface area contributed by atoms with E-state index in [4.69, 9.17) is 0 Å². The van der Waals surface area contributed by atoms with Gasteiger partial charge < -0.3 is 10.2 Å². The van der Waals surface area contributed by atoms with Crippen LogP contribution < -0.4 is 5.32 Å². The van der Waals surface area contributed by atoms with Crippen LogP contribution in [-0.4, -0.2) is 38.7 Å². The fourth-order valence-corrected chi connectivity index (χ4v) is 3.11. The number of benzene rings is 1. The number of fused-ring (bicyclic) bond motifs is 1. The van der Waals surface area contributed by atoms with E-state index in [9.17, 15) is 9.59 Å². The van der Waals surface area contributed by atoms with Crippen LogP contribution in [0.3, 0.4) is 0 Å². The van der Waals surface area contributed by atoms with Crippen molar-refractivity contribution in [1.82, 2.24) is 19.6 Å². The summed E-state index contributed by atoms with van der Waals surface area (Å²) in [6.07, 6.45) is 3.79. The Bertz CT molecular complexity index is 976. The van der Waals surface area contributed by atoms with Gasteiger partial charge in [-0.15, -0.1) is 0 Å². The molecule has 2 amide bonds. The van der Waals surface area contributed by atoms with Gasteiger partial charge in [0.25, 0.3) is 11.8 Å². The summed E-state index contributed by atoms with van der Waals surface area (Å²) in [7, 11) is 0. The highest BCUT2D eigenvalue weighted by Crippen LogP contribution is 2.21. The van der Waals surface area contributed by atoms with E-state index in [0.29, 0.717) is 24.3 Å². The molecule has 0 aliphatic heterocycles. The van der Waals surface area contributed by atoms with Gasteiger partial charge in [-0.3, -0.25) is 14.0 Å². The smallest absolute Gasteiger partial charge is 0.290 e. The Morgan fingerprint density at radius 1 is 1.15 bits per heavy atom. The quantitative estimate of drug-likeness (QED) is 0.733. The van der Waals surface area contributed by atoms with Crippen LogP contribution in [0, 0.1) is 0 Å². The van der Waals surface area contributed by atoms with Crippen LogP contribution in [0.4, 0.5) is 0 Å². The van der Waals surface area contributed by atoms with Crippen LogP contribution in [0.25, 0.3) is 5.52 Å². The Balaban J connectivity index is 1.67. The molecule has 0 spiro atoms. The standard InChI is InChI=1S/C21H22N4O2/c1-2-24(14-15-8-4-3-5-9-15)21(27)19-23-18(20(26)22-16-11-12-16)17-10-6-7-13-25(17)19/h3-10,13,16H,2,11-12,14H2,1H3,(H,22,26). The van der Waals surface area contributed by atoms with Crippen LogP contribution in [-0.2, 0) is 6.54 Å². The lowest BCUT2D eigenvalue weighted by Gasteiger charge is -2.20. The third-order valence-electron chi connectivity index (χ3n) is 4.75. The minimum atomic E-state index is -0.216. The number of hydrogen-bond donors (Lipinski definition) is 1. The van der Waals surface area contributed by atoms with Gasteiger partial charge in [0.05, 0.1) is 5.52 Å². The van der Waals surface area contributed by atoms with Crippen molar-refractivity contribution in [3.8, 4) is 0 Å². The molecule has 2 aromatic heterocycles. The number of hydrogen-bond acceptors (Lipinski definition) is 3. The van der Waals surface area contributed by atoms with Crippen molar-refractivity contribution < 1.29 is 9.59 Å². The molecule has 27 heavy (non-hydrogen) atoms. The van der Waals surface area contributed by atoms with Crippen molar-refractivity contribution in [3.05, 3.63) is 71.8 Å². The molecule has 0 atom stereocenters. The second kappa shape index (κ2) is 7.23. The minimum absolute atomic E-state index is 0.187. The molecule has 0 bridgehead atoms. The Morgan fingerprint density at radius 2 is 1.89 bits per heavy atom. The van der Waals surface area contributed by atoms with Gasteiger partial charge in [-0.05, 0) is 37.5 Å². The first kappa shape index (κ1) is 17.3. The summed E-state index contributed by atoms with van der Waals surface area (Å²) >= 11 is 0. The van der Waals surface area contributed by atoms with E-state index in [1.54, 1.807) is 15.5 Å². The van der Waals surface area contributed by atoms with Gasteiger partial charge in [0, 0.05) is 25.3 Å². The average Bonchev–Trinajstić information content (AvgIpc) is 3.43. The van der Waals surface area contributed by atoms with Crippen molar-refractivity contribution in [2.75, 3.05) is 6.54 Å². The number of nitrogens with one attached hydrogen (secondary N) is 1. The zero-order valence-electron chi connectivity index (χ0n) is 15.3. The Labute approximate surface area is 157 Å². The van der Waals surface area contributed by atoms with E-state index in [-0.39, 0.29) is 23.7 Å². The number of rotatable bonds is 6. The minimum Gasteiger partial charge on any atom is -0.348 e. The third-order valence-corrected chi connectivity index (χ3v) is 4.75. The SMILES string of the molecule is CCN(Cc1ccccc1)C(=O)c1nc(C(=O)NC2CC2)c2ccccn12. The molecular formula is C21H22N4O2. The highest BCUT2D eigenvalue weighted by atomic mass is 16.2. The van der Waals surface area contributed by atoms with Gasteiger partial charge in [-0.2, -0.15) is 0 Å². The monoisotopic (exact) mass is 362 g/mol. The molecule has 1 aliphatic rings. The van der Waals surface area contributed by atoms with Crippen molar-refractivity contribution in [1.29, 1.82) is 0 Å². The van der Waals surface area contributed by atoms with Crippen molar-refractivity contribution in [2.45, 2.75) is 32.4 Å². The number of carbonyl (C=O) groups excluding carboxylic acids is 2. The Kier molecular flexibility index (Phi) is 4.62. The zero-order chi connectivity index (χ0) is 18.8. The van der Waals surface area contributed by atoms with Crippen LogP contribution in [0.5, 0.6) is 0 Å². The normalized spacial score (nSPS) is 13.5. The zero-order valence-corrected chi connectivity index (χ0v) is 15.3. The lowest BCUT2D eigenvalue weighted by molar-refractivity contribution is 0.0739. The molecule has 3 aromatic rings. The number of carbonyl (C=O) groups is 2. The maximum Gasteiger partial charge on any atom is 0.290 e. The van der Waals surface area contributed by atoms with Gasteiger partial charge in [0.2, 0.25) is 5.82 Å². The first-order valence-corrected chi connectivity index (χ1v) is 9.28. The average molecular weight is 362 g/mol. The van der Waals surface area contributed by atoms with E-state index < -0.39 is 0 Å². The predicted octanol–water partition coefficient (Wildman–Crippen LogP) is 2.89. The number of aromatic nitrogens is 2. The van der Waals surface area contributed by atoms with E-state index in [0.717, 1.165) is 18.4 Å². The fraction of sp³-hybridized carbons (Fsp3) is 0.286. The lowest BCUT2D eigenvalue weighted by atomic mass is 10.2. The molecule has 138 valence electrons. The van der Waals surface area contributed by atoms with Crippen LogP contribution in [0.1, 0.15) is 46.4 Å². The number of nitrogens with zero attached hydrogens (tertiary/aromatic N) is 3. The first-order valence-electron chi connectivity index (χ1n) is 9.28. The molecule has 0 radical (unpaired) electrons. The molecule has 1 aliphatic carbocycles. The second-order valence-electron chi connectivity index (χ2n) is 6.79. The summed E-state index contributed by atoms with van der Waals surface area (Å²) in [4.78, 5) is 31.9. The highest BCUT2D eigenvalue weighted by Gasteiger charge is 2.28. The van der Waals surface area contributed by atoms with Gasteiger partial charge in [0.1, 0.15) is 0 Å². The molecule has 2 heterocycles. The number of pyridine rings is 1. The Morgan fingerprint density at radius 3 is 2.59 bits per heavy atom. The summed E-state index contributed by atoms with van der Waals surface area (Å²) in [5, 5.41) is 2.96. The van der Waals surface area contributed by atoms with E-state index in [2.05, 4.69) is 10.3 Å². The molecule has 4 rings (SSSR count). The van der Waals surface area contributed by atoms with Gasteiger partial charge >= 0.3 is 0 Å². The molecule has 6 heteroatoms. The summed E-state index contributed by atoms with van der Waals surface area (Å²) < 4.78 is 1.71. The second-order valence-corrected chi connectivity index (χ2v) is 6.79. The predicted molar refractivity (Wildman–Crippen MR) is 103 cm³/mol. The first-order chi connectivity index (χ1) is 13.2. The third kappa shape index (κ3) is 3.56. The van der Waals surface area contributed by atoms with Gasteiger partial charge in [-0.25, -0.2) is 4.98 Å². The molecule has 0 saturated heterocycles. The van der Waals surface area contributed by atoms with Crippen molar-refractivity contribution in [3.63, 3.8) is 0 Å². The molecule has 1 N–H and O–H groups in total. The molecule has 1 saturated carbocycles. The van der Waals surface area contributed by atoms with Crippen LogP contribution in [0.2, 0.25) is 0 Å². The number of amides is 2. The summed E-state index contributed by atoms with van der Waals surface area (Å²) in [6, 6.07) is 15.6. The maximum absolute atomic E-state index is 13.2. The fourth-order valence-electron chi connectivity index (χ4n) is 3.11. The van der Waals surface area contributed by atoms with Crippen LogP contribution >= 0.6 is 0 Å². The van der Waals surface area contributed by atoms with Gasteiger partial charge in [0.15, 0.2) is 5.69 Å². The van der Waals surface area contributed by atoms with Gasteiger partial charge in [-0.1, -0.05) is 36.4 Å². The maximum atomic E-state index is 13.2. The molecule has 6 nitrogen and oxygen atoms in total. The molecule has 0 unspecified atom stereocenters. The molecule has 1 aromatic carbocycles. The summed E-state index contributed by atoms with van der Waals surface area (Å²) in [5.74, 6) is -0.135. The van der Waals surface area contributed by atoms with Crippen LogP contribution in [0.15, 0.2) is 54.7 Å². The van der Waals surface area contributed by atoms with E-state index in [1.807, 2.05) is 55.5 Å². The summed E-state index contributed by atoms with van der Waals surface area (Å²) in [5.41, 5.74) is 2.01. The highest BCUT2D eigenvalue weighted by molar-refractivity contribution is 6.02. The summed E-state index contributed by atoms with van der Waals surface area (Å²) in [6.45, 7) is 3.00. The topological polar surface area (TPSA) is 66.7 Å². The molecule has 1 fully saturated rings. The molecular weight excluding hydrogens is 340 g/mol. The van der Waals surface area contributed by atoms with Crippen molar-refractivity contribution >= 4 is 17.3 Å². The number of imidazole rings is 1. The lowest BCUT2D eigenvalue weighted by Crippen LogP contribution is -2.32. The largest absolute Gasteiger partial charge is 0.348 e.